The number of hydrogen-bond donors (Lipinski definition) is 1. The molecule has 2 atom stereocenters. The van der Waals surface area contributed by atoms with Crippen molar-refractivity contribution in [1.29, 1.82) is 0 Å². The number of morpholine rings is 1. The highest BCUT2D eigenvalue weighted by molar-refractivity contribution is 6.33. The van der Waals surface area contributed by atoms with Gasteiger partial charge in [0, 0.05) is 18.7 Å². The number of ether oxygens (including phenoxy) is 1. The van der Waals surface area contributed by atoms with Crippen LogP contribution in [0.15, 0.2) is 18.2 Å². The van der Waals surface area contributed by atoms with Gasteiger partial charge in [0.2, 0.25) is 0 Å². The van der Waals surface area contributed by atoms with Crippen LogP contribution < -0.4 is 5.73 Å². The van der Waals surface area contributed by atoms with Gasteiger partial charge in [-0.25, -0.2) is 0 Å². The fraction of sp³-hybridized carbons (Fsp3) is 0.462. The second-order valence-electron chi connectivity index (χ2n) is 4.70. The number of hydrogen-bond acceptors (Lipinski definition) is 3. The largest absolute Gasteiger partial charge is 0.398 e. The zero-order valence-electron chi connectivity index (χ0n) is 10.5. The first-order valence-electron chi connectivity index (χ1n) is 5.97. The Morgan fingerprint density at radius 1 is 1.39 bits per heavy atom. The number of carbonyl (C=O) groups excluding carboxylic acids is 1. The SMILES string of the molecule is C[C@H]1CN(C(=O)c2ccc(Cl)c(N)c2)C[C@H](C)O1. The van der Waals surface area contributed by atoms with Gasteiger partial charge in [-0.3, -0.25) is 4.79 Å². The highest BCUT2D eigenvalue weighted by Crippen LogP contribution is 2.21. The van der Waals surface area contributed by atoms with Crippen molar-refractivity contribution in [1.82, 2.24) is 4.90 Å². The van der Waals surface area contributed by atoms with Crippen molar-refractivity contribution in [2.75, 3.05) is 18.8 Å². The van der Waals surface area contributed by atoms with Crippen molar-refractivity contribution >= 4 is 23.2 Å². The number of anilines is 1. The van der Waals surface area contributed by atoms with Crippen LogP contribution in [0.5, 0.6) is 0 Å². The van der Waals surface area contributed by atoms with Gasteiger partial charge in [0.25, 0.3) is 5.91 Å². The van der Waals surface area contributed by atoms with Crippen LogP contribution in [-0.4, -0.2) is 36.1 Å². The van der Waals surface area contributed by atoms with Crippen LogP contribution in [0.4, 0.5) is 5.69 Å². The lowest BCUT2D eigenvalue weighted by Gasteiger charge is -2.35. The summed E-state index contributed by atoms with van der Waals surface area (Å²) < 4.78 is 5.61. The number of amides is 1. The number of carbonyl (C=O) groups is 1. The number of nitrogens with two attached hydrogens (primary N) is 1. The van der Waals surface area contributed by atoms with Gasteiger partial charge >= 0.3 is 0 Å². The third-order valence-electron chi connectivity index (χ3n) is 2.95. The van der Waals surface area contributed by atoms with Crippen LogP contribution in [-0.2, 0) is 4.74 Å². The summed E-state index contributed by atoms with van der Waals surface area (Å²) in [4.78, 5) is 14.1. The topological polar surface area (TPSA) is 55.6 Å². The van der Waals surface area contributed by atoms with E-state index in [-0.39, 0.29) is 18.1 Å². The molecular formula is C13H17ClN2O2. The molecule has 1 aromatic rings. The molecule has 1 aliphatic rings. The highest BCUT2D eigenvalue weighted by atomic mass is 35.5. The summed E-state index contributed by atoms with van der Waals surface area (Å²) in [6.45, 7) is 5.13. The first-order chi connectivity index (χ1) is 8.47. The molecule has 0 bridgehead atoms. The molecule has 0 spiro atoms. The lowest BCUT2D eigenvalue weighted by atomic mass is 10.1. The Bertz CT molecular complexity index is 454. The van der Waals surface area contributed by atoms with Crippen LogP contribution in [0.2, 0.25) is 5.02 Å². The average molecular weight is 269 g/mol. The van der Waals surface area contributed by atoms with Crippen molar-refractivity contribution in [2.24, 2.45) is 0 Å². The predicted octanol–water partition coefficient (Wildman–Crippen LogP) is 2.17. The minimum absolute atomic E-state index is 0.0274. The van der Waals surface area contributed by atoms with Crippen LogP contribution in [0.3, 0.4) is 0 Å². The van der Waals surface area contributed by atoms with Gasteiger partial charge in [-0.1, -0.05) is 11.6 Å². The van der Waals surface area contributed by atoms with Crippen LogP contribution in [0.25, 0.3) is 0 Å². The van der Waals surface area contributed by atoms with Gasteiger partial charge in [-0.05, 0) is 32.0 Å². The molecule has 0 aliphatic carbocycles. The highest BCUT2D eigenvalue weighted by Gasteiger charge is 2.26. The predicted molar refractivity (Wildman–Crippen MR) is 71.8 cm³/mol. The number of benzene rings is 1. The maximum Gasteiger partial charge on any atom is 0.254 e. The first-order valence-corrected chi connectivity index (χ1v) is 6.35. The molecule has 98 valence electrons. The molecular weight excluding hydrogens is 252 g/mol. The molecule has 18 heavy (non-hydrogen) atoms. The minimum Gasteiger partial charge on any atom is -0.398 e. The smallest absolute Gasteiger partial charge is 0.254 e. The quantitative estimate of drug-likeness (QED) is 0.794. The Kier molecular flexibility index (Phi) is 3.78. The molecule has 1 amide bonds. The van der Waals surface area contributed by atoms with Crippen molar-refractivity contribution in [2.45, 2.75) is 26.1 Å². The fourth-order valence-corrected chi connectivity index (χ4v) is 2.32. The molecule has 2 rings (SSSR count). The van der Waals surface area contributed by atoms with E-state index < -0.39 is 0 Å². The Labute approximate surface area is 112 Å². The number of halogens is 1. The summed E-state index contributed by atoms with van der Waals surface area (Å²) in [5.74, 6) is -0.0274. The molecule has 1 heterocycles. The molecule has 0 unspecified atom stereocenters. The van der Waals surface area contributed by atoms with E-state index in [1.54, 1.807) is 23.1 Å². The second kappa shape index (κ2) is 5.16. The lowest BCUT2D eigenvalue weighted by molar-refractivity contribution is -0.0586. The average Bonchev–Trinajstić information content (AvgIpc) is 2.30. The molecule has 0 aromatic heterocycles. The van der Waals surface area contributed by atoms with Gasteiger partial charge in [0.15, 0.2) is 0 Å². The normalized spacial score (nSPS) is 24.1. The maximum absolute atomic E-state index is 12.3. The molecule has 0 saturated carbocycles. The van der Waals surface area contributed by atoms with Crippen molar-refractivity contribution in [3.05, 3.63) is 28.8 Å². The molecule has 1 fully saturated rings. The van der Waals surface area contributed by atoms with Crippen LogP contribution in [0, 0.1) is 0 Å². The van der Waals surface area contributed by atoms with E-state index in [1.165, 1.54) is 0 Å². The fourth-order valence-electron chi connectivity index (χ4n) is 2.20. The number of rotatable bonds is 1. The Balaban J connectivity index is 2.17. The zero-order chi connectivity index (χ0) is 13.3. The Morgan fingerprint density at radius 3 is 2.56 bits per heavy atom. The molecule has 0 radical (unpaired) electrons. The summed E-state index contributed by atoms with van der Waals surface area (Å²) in [5, 5.41) is 0.468. The van der Waals surface area contributed by atoms with E-state index in [4.69, 9.17) is 22.1 Å². The van der Waals surface area contributed by atoms with Crippen molar-refractivity contribution in [3.63, 3.8) is 0 Å². The van der Waals surface area contributed by atoms with Crippen molar-refractivity contribution < 1.29 is 9.53 Å². The third-order valence-corrected chi connectivity index (χ3v) is 3.29. The lowest BCUT2D eigenvalue weighted by Crippen LogP contribution is -2.48. The molecule has 1 saturated heterocycles. The maximum atomic E-state index is 12.3. The van der Waals surface area contributed by atoms with Crippen LogP contribution >= 0.6 is 11.6 Å². The summed E-state index contributed by atoms with van der Waals surface area (Å²) >= 11 is 5.85. The molecule has 1 aliphatic heterocycles. The van der Waals surface area contributed by atoms with Gasteiger partial charge in [0.1, 0.15) is 0 Å². The molecule has 5 heteroatoms. The van der Waals surface area contributed by atoms with Crippen molar-refractivity contribution in [3.8, 4) is 0 Å². The van der Waals surface area contributed by atoms with Gasteiger partial charge < -0.3 is 15.4 Å². The van der Waals surface area contributed by atoms with Gasteiger partial charge in [-0.15, -0.1) is 0 Å². The van der Waals surface area contributed by atoms with Gasteiger partial charge in [0.05, 0.1) is 22.9 Å². The van der Waals surface area contributed by atoms with E-state index in [1.807, 2.05) is 13.8 Å². The van der Waals surface area contributed by atoms with E-state index in [0.29, 0.717) is 29.4 Å². The molecule has 4 nitrogen and oxygen atoms in total. The second-order valence-corrected chi connectivity index (χ2v) is 5.11. The van der Waals surface area contributed by atoms with E-state index in [0.717, 1.165) is 0 Å². The zero-order valence-corrected chi connectivity index (χ0v) is 11.3. The van der Waals surface area contributed by atoms with E-state index >= 15 is 0 Å². The standard InChI is InChI=1S/C13H17ClN2O2/c1-8-6-16(7-9(2)18-8)13(17)10-3-4-11(14)12(15)5-10/h3-5,8-9H,6-7,15H2,1-2H3/t8-,9-/m0/s1. The third kappa shape index (κ3) is 2.76. The molecule has 2 N–H and O–H groups in total. The van der Waals surface area contributed by atoms with E-state index in [2.05, 4.69) is 0 Å². The van der Waals surface area contributed by atoms with E-state index in [9.17, 15) is 4.79 Å². The summed E-state index contributed by atoms with van der Waals surface area (Å²) in [7, 11) is 0. The summed E-state index contributed by atoms with van der Waals surface area (Å²) in [6.07, 6.45) is 0.115. The number of nitrogen functional groups attached to an aromatic ring is 1. The van der Waals surface area contributed by atoms with Gasteiger partial charge in [-0.2, -0.15) is 0 Å². The Morgan fingerprint density at radius 2 is 2.00 bits per heavy atom. The monoisotopic (exact) mass is 268 g/mol. The minimum atomic E-state index is -0.0274. The number of nitrogens with zero attached hydrogens (tertiary/aromatic N) is 1. The summed E-state index contributed by atoms with van der Waals surface area (Å²) in [6, 6.07) is 4.97. The first kappa shape index (κ1) is 13.2. The summed E-state index contributed by atoms with van der Waals surface area (Å²) in [5.41, 5.74) is 6.71. The van der Waals surface area contributed by atoms with Crippen LogP contribution in [0.1, 0.15) is 24.2 Å². The Hall–Kier alpha value is -1.26. The molecule has 1 aromatic carbocycles.